The van der Waals surface area contributed by atoms with Gasteiger partial charge in [0.15, 0.2) is 0 Å². The number of hydrogen-bond donors (Lipinski definition) is 1. The summed E-state index contributed by atoms with van der Waals surface area (Å²) in [6.07, 6.45) is 13.1. The maximum atomic E-state index is 6.07. The molecule has 2 rings (SSSR count). The highest BCUT2D eigenvalue weighted by atomic mass is 14.7. The second kappa shape index (κ2) is 5.34. The standard InChI is InChI=1S/C14H27N/c1-11-9-13(7-8-14(11)15)10-12-5-3-2-4-6-12/h11-14H,2-10,15H2,1H3. The molecule has 0 spiro atoms. The highest BCUT2D eigenvalue weighted by molar-refractivity contribution is 4.81. The molecular weight excluding hydrogens is 182 g/mol. The van der Waals surface area contributed by atoms with E-state index in [2.05, 4.69) is 6.92 Å². The van der Waals surface area contributed by atoms with Crippen LogP contribution in [0.1, 0.15) is 64.7 Å². The van der Waals surface area contributed by atoms with E-state index >= 15 is 0 Å². The minimum absolute atomic E-state index is 0.493. The van der Waals surface area contributed by atoms with Gasteiger partial charge in [0.25, 0.3) is 0 Å². The Bertz CT molecular complexity index is 184. The van der Waals surface area contributed by atoms with Gasteiger partial charge in [0, 0.05) is 6.04 Å². The topological polar surface area (TPSA) is 26.0 Å². The van der Waals surface area contributed by atoms with Crippen LogP contribution in [0.15, 0.2) is 0 Å². The molecule has 15 heavy (non-hydrogen) atoms. The number of rotatable bonds is 2. The van der Waals surface area contributed by atoms with Gasteiger partial charge in [-0.3, -0.25) is 0 Å². The zero-order valence-electron chi connectivity index (χ0n) is 10.3. The molecule has 1 nitrogen and oxygen atoms in total. The molecule has 0 heterocycles. The lowest BCUT2D eigenvalue weighted by Crippen LogP contribution is -2.35. The summed E-state index contributed by atoms with van der Waals surface area (Å²) in [6, 6.07) is 0.493. The Morgan fingerprint density at radius 3 is 2.33 bits per heavy atom. The first-order valence-corrected chi connectivity index (χ1v) is 7.01. The van der Waals surface area contributed by atoms with E-state index in [0.29, 0.717) is 6.04 Å². The van der Waals surface area contributed by atoms with E-state index in [1.807, 2.05) is 0 Å². The lowest BCUT2D eigenvalue weighted by atomic mass is 9.73. The average molecular weight is 209 g/mol. The van der Waals surface area contributed by atoms with Crippen molar-refractivity contribution < 1.29 is 0 Å². The summed E-state index contributed by atoms with van der Waals surface area (Å²) >= 11 is 0. The molecule has 2 saturated carbocycles. The van der Waals surface area contributed by atoms with Gasteiger partial charge < -0.3 is 5.73 Å². The molecule has 0 aromatic rings. The maximum Gasteiger partial charge on any atom is 0.00647 e. The van der Waals surface area contributed by atoms with Crippen LogP contribution in [0.2, 0.25) is 0 Å². The van der Waals surface area contributed by atoms with Crippen LogP contribution in [0.5, 0.6) is 0 Å². The molecule has 2 fully saturated rings. The van der Waals surface area contributed by atoms with Crippen LogP contribution in [0.4, 0.5) is 0 Å². The fourth-order valence-electron chi connectivity index (χ4n) is 3.64. The fraction of sp³-hybridized carbons (Fsp3) is 1.00. The highest BCUT2D eigenvalue weighted by Gasteiger charge is 2.27. The summed E-state index contributed by atoms with van der Waals surface area (Å²) in [5, 5.41) is 0. The van der Waals surface area contributed by atoms with Crippen molar-refractivity contribution in [1.29, 1.82) is 0 Å². The van der Waals surface area contributed by atoms with Gasteiger partial charge in [-0.2, -0.15) is 0 Å². The lowest BCUT2D eigenvalue weighted by Gasteiger charge is -2.34. The summed E-state index contributed by atoms with van der Waals surface area (Å²) in [4.78, 5) is 0. The predicted molar refractivity (Wildman–Crippen MR) is 65.7 cm³/mol. The molecule has 2 aliphatic carbocycles. The summed E-state index contributed by atoms with van der Waals surface area (Å²) in [6.45, 7) is 2.34. The van der Waals surface area contributed by atoms with Crippen LogP contribution in [-0.2, 0) is 0 Å². The molecule has 0 radical (unpaired) electrons. The Morgan fingerprint density at radius 1 is 0.933 bits per heavy atom. The SMILES string of the molecule is CC1CC(CC2CCCCC2)CCC1N. The van der Waals surface area contributed by atoms with Crippen LogP contribution in [0.25, 0.3) is 0 Å². The smallest absolute Gasteiger partial charge is 0.00647 e. The summed E-state index contributed by atoms with van der Waals surface area (Å²) in [5.41, 5.74) is 6.07. The van der Waals surface area contributed by atoms with Crippen molar-refractivity contribution in [3.8, 4) is 0 Å². The van der Waals surface area contributed by atoms with Crippen LogP contribution in [0, 0.1) is 17.8 Å². The van der Waals surface area contributed by atoms with Crippen molar-refractivity contribution in [2.75, 3.05) is 0 Å². The minimum atomic E-state index is 0.493. The Morgan fingerprint density at radius 2 is 1.67 bits per heavy atom. The molecule has 3 atom stereocenters. The van der Waals surface area contributed by atoms with Gasteiger partial charge in [0.1, 0.15) is 0 Å². The average Bonchev–Trinajstić information content (AvgIpc) is 2.25. The summed E-state index contributed by atoms with van der Waals surface area (Å²) in [7, 11) is 0. The second-order valence-electron chi connectivity index (χ2n) is 6.06. The number of nitrogens with two attached hydrogens (primary N) is 1. The molecule has 0 aromatic heterocycles. The Kier molecular flexibility index (Phi) is 4.07. The first-order chi connectivity index (χ1) is 7.25. The van der Waals surface area contributed by atoms with Gasteiger partial charge in [-0.05, 0) is 43.4 Å². The molecular formula is C14H27N. The van der Waals surface area contributed by atoms with E-state index in [1.165, 1.54) is 57.8 Å². The first-order valence-electron chi connectivity index (χ1n) is 7.01. The van der Waals surface area contributed by atoms with Crippen molar-refractivity contribution in [3.05, 3.63) is 0 Å². The third-order valence-electron chi connectivity index (χ3n) is 4.74. The van der Waals surface area contributed by atoms with Crippen molar-refractivity contribution in [3.63, 3.8) is 0 Å². The van der Waals surface area contributed by atoms with Gasteiger partial charge in [-0.25, -0.2) is 0 Å². The van der Waals surface area contributed by atoms with Gasteiger partial charge in [0.05, 0.1) is 0 Å². The summed E-state index contributed by atoms with van der Waals surface area (Å²) in [5.74, 6) is 2.83. The van der Waals surface area contributed by atoms with Crippen LogP contribution < -0.4 is 5.73 Å². The Labute approximate surface area is 94.8 Å². The molecule has 3 unspecified atom stereocenters. The predicted octanol–water partition coefficient (Wildman–Crippen LogP) is 3.72. The second-order valence-corrected chi connectivity index (χ2v) is 6.06. The van der Waals surface area contributed by atoms with E-state index in [9.17, 15) is 0 Å². The molecule has 0 saturated heterocycles. The molecule has 1 heteroatoms. The van der Waals surface area contributed by atoms with Gasteiger partial charge in [-0.15, -0.1) is 0 Å². The Hall–Kier alpha value is -0.0400. The third kappa shape index (κ3) is 3.21. The zero-order valence-corrected chi connectivity index (χ0v) is 10.3. The van der Waals surface area contributed by atoms with E-state index in [1.54, 1.807) is 0 Å². The maximum absolute atomic E-state index is 6.07. The van der Waals surface area contributed by atoms with Crippen LogP contribution in [0.3, 0.4) is 0 Å². The minimum Gasteiger partial charge on any atom is -0.327 e. The zero-order chi connectivity index (χ0) is 10.7. The fourth-order valence-corrected chi connectivity index (χ4v) is 3.64. The monoisotopic (exact) mass is 209 g/mol. The third-order valence-corrected chi connectivity index (χ3v) is 4.74. The van der Waals surface area contributed by atoms with E-state index < -0.39 is 0 Å². The quantitative estimate of drug-likeness (QED) is 0.737. The molecule has 2 aliphatic rings. The lowest BCUT2D eigenvalue weighted by molar-refractivity contribution is 0.195. The van der Waals surface area contributed by atoms with E-state index in [-0.39, 0.29) is 0 Å². The van der Waals surface area contributed by atoms with Crippen LogP contribution in [-0.4, -0.2) is 6.04 Å². The molecule has 88 valence electrons. The van der Waals surface area contributed by atoms with Crippen LogP contribution >= 0.6 is 0 Å². The molecule has 0 aromatic carbocycles. The van der Waals surface area contributed by atoms with Gasteiger partial charge >= 0.3 is 0 Å². The van der Waals surface area contributed by atoms with Gasteiger partial charge in [-0.1, -0.05) is 39.0 Å². The Balaban J connectivity index is 1.74. The normalized spacial score (nSPS) is 39.2. The van der Waals surface area contributed by atoms with Crippen molar-refractivity contribution in [2.24, 2.45) is 23.5 Å². The molecule has 0 bridgehead atoms. The largest absolute Gasteiger partial charge is 0.327 e. The van der Waals surface area contributed by atoms with E-state index in [4.69, 9.17) is 5.73 Å². The highest BCUT2D eigenvalue weighted by Crippen LogP contribution is 2.36. The van der Waals surface area contributed by atoms with E-state index in [0.717, 1.165) is 17.8 Å². The first kappa shape index (κ1) is 11.4. The van der Waals surface area contributed by atoms with Crippen molar-refractivity contribution >= 4 is 0 Å². The van der Waals surface area contributed by atoms with Gasteiger partial charge in [0.2, 0.25) is 0 Å². The number of hydrogen-bond acceptors (Lipinski definition) is 1. The molecule has 0 amide bonds. The summed E-state index contributed by atoms with van der Waals surface area (Å²) < 4.78 is 0. The molecule has 0 aliphatic heterocycles. The van der Waals surface area contributed by atoms with Crippen molar-refractivity contribution in [1.82, 2.24) is 0 Å². The van der Waals surface area contributed by atoms with Crippen molar-refractivity contribution in [2.45, 2.75) is 70.8 Å². The molecule has 2 N–H and O–H groups in total.